The highest BCUT2D eigenvalue weighted by Gasteiger charge is 2.20. The molecular formula is C23H29NO3. The van der Waals surface area contributed by atoms with Gasteiger partial charge in [-0.1, -0.05) is 42.5 Å². The Morgan fingerprint density at radius 3 is 2.48 bits per heavy atom. The zero-order valence-electron chi connectivity index (χ0n) is 16.2. The molecule has 1 N–H and O–H groups in total. The van der Waals surface area contributed by atoms with E-state index in [1.54, 1.807) is 6.92 Å². The van der Waals surface area contributed by atoms with E-state index in [1.165, 1.54) is 0 Å². The molecule has 3 atom stereocenters. The molecule has 3 unspecified atom stereocenters. The molecule has 3 rings (SSSR count). The Morgan fingerprint density at radius 2 is 1.81 bits per heavy atom. The van der Waals surface area contributed by atoms with Gasteiger partial charge in [-0.25, -0.2) is 0 Å². The number of amides is 1. The third-order valence-corrected chi connectivity index (χ3v) is 4.98. The van der Waals surface area contributed by atoms with Gasteiger partial charge in [-0.15, -0.1) is 0 Å². The summed E-state index contributed by atoms with van der Waals surface area (Å²) in [6.45, 7) is 4.70. The van der Waals surface area contributed by atoms with Gasteiger partial charge in [-0.3, -0.25) is 4.79 Å². The maximum absolute atomic E-state index is 12.4. The van der Waals surface area contributed by atoms with E-state index in [0.717, 1.165) is 43.4 Å². The van der Waals surface area contributed by atoms with E-state index in [2.05, 4.69) is 17.4 Å². The summed E-state index contributed by atoms with van der Waals surface area (Å²) >= 11 is 0. The second kappa shape index (κ2) is 9.56. The maximum Gasteiger partial charge on any atom is 0.260 e. The highest BCUT2D eigenvalue weighted by molar-refractivity contribution is 5.81. The molecule has 0 bridgehead atoms. The second-order valence-corrected chi connectivity index (χ2v) is 7.27. The molecule has 27 heavy (non-hydrogen) atoms. The summed E-state index contributed by atoms with van der Waals surface area (Å²) in [6, 6.07) is 18.2. The van der Waals surface area contributed by atoms with E-state index >= 15 is 0 Å². The van der Waals surface area contributed by atoms with Crippen molar-refractivity contribution in [2.75, 3.05) is 6.61 Å². The Labute approximate surface area is 161 Å². The smallest absolute Gasteiger partial charge is 0.260 e. The molecule has 1 aliphatic rings. The summed E-state index contributed by atoms with van der Waals surface area (Å²) in [5, 5.41) is 3.04. The van der Waals surface area contributed by atoms with Gasteiger partial charge in [0, 0.05) is 12.6 Å². The van der Waals surface area contributed by atoms with E-state index in [9.17, 15) is 4.79 Å². The summed E-state index contributed by atoms with van der Waals surface area (Å²) in [6.07, 6.45) is 4.05. The predicted molar refractivity (Wildman–Crippen MR) is 108 cm³/mol. The molecule has 144 valence electrons. The number of carbonyl (C=O) groups excluding carboxylic acids is 1. The van der Waals surface area contributed by atoms with Crippen molar-refractivity contribution in [1.82, 2.24) is 5.32 Å². The van der Waals surface area contributed by atoms with Crippen molar-refractivity contribution in [3.05, 3.63) is 54.6 Å². The van der Waals surface area contributed by atoms with Crippen LogP contribution in [0.5, 0.6) is 5.75 Å². The lowest BCUT2D eigenvalue weighted by Gasteiger charge is -2.20. The van der Waals surface area contributed by atoms with Crippen LogP contribution in [0, 0.1) is 0 Å². The number of nitrogens with one attached hydrogen (secondary N) is 1. The summed E-state index contributed by atoms with van der Waals surface area (Å²) in [5.41, 5.74) is 2.29. The fraction of sp³-hybridized carbons (Fsp3) is 0.435. The van der Waals surface area contributed by atoms with Crippen LogP contribution < -0.4 is 10.1 Å². The maximum atomic E-state index is 12.4. The Bertz CT molecular complexity index is 708. The number of hydrogen-bond acceptors (Lipinski definition) is 3. The van der Waals surface area contributed by atoms with Crippen molar-refractivity contribution in [2.45, 2.75) is 57.8 Å². The molecular weight excluding hydrogens is 338 g/mol. The van der Waals surface area contributed by atoms with Crippen LogP contribution in [0.25, 0.3) is 11.1 Å². The lowest BCUT2D eigenvalue weighted by Crippen LogP contribution is -2.41. The van der Waals surface area contributed by atoms with Crippen molar-refractivity contribution in [1.29, 1.82) is 0 Å². The van der Waals surface area contributed by atoms with Crippen LogP contribution in [-0.4, -0.2) is 30.8 Å². The molecule has 0 spiro atoms. The second-order valence-electron chi connectivity index (χ2n) is 7.27. The quantitative estimate of drug-likeness (QED) is 0.743. The molecule has 1 heterocycles. The Balaban J connectivity index is 1.46. The molecule has 1 fully saturated rings. The van der Waals surface area contributed by atoms with Crippen LogP contribution in [-0.2, 0) is 9.53 Å². The van der Waals surface area contributed by atoms with Crippen LogP contribution >= 0.6 is 0 Å². The van der Waals surface area contributed by atoms with Gasteiger partial charge in [-0.05, 0) is 62.8 Å². The van der Waals surface area contributed by atoms with Gasteiger partial charge in [0.2, 0.25) is 0 Å². The molecule has 0 aliphatic carbocycles. The van der Waals surface area contributed by atoms with Gasteiger partial charge >= 0.3 is 0 Å². The minimum absolute atomic E-state index is 0.0815. The van der Waals surface area contributed by atoms with Crippen LogP contribution in [0.1, 0.15) is 39.5 Å². The fourth-order valence-corrected chi connectivity index (χ4v) is 3.35. The van der Waals surface area contributed by atoms with Gasteiger partial charge in [0.25, 0.3) is 5.91 Å². The molecule has 1 aliphatic heterocycles. The summed E-state index contributed by atoms with van der Waals surface area (Å²) in [4.78, 5) is 12.4. The van der Waals surface area contributed by atoms with Crippen molar-refractivity contribution in [3.8, 4) is 16.9 Å². The Kier molecular flexibility index (Phi) is 6.88. The van der Waals surface area contributed by atoms with Crippen molar-refractivity contribution in [3.63, 3.8) is 0 Å². The van der Waals surface area contributed by atoms with Gasteiger partial charge in [0.1, 0.15) is 5.75 Å². The van der Waals surface area contributed by atoms with E-state index in [-0.39, 0.29) is 11.9 Å². The number of hydrogen-bond donors (Lipinski definition) is 1. The number of ether oxygens (including phenoxy) is 2. The molecule has 2 aromatic carbocycles. The van der Waals surface area contributed by atoms with Crippen LogP contribution in [0.3, 0.4) is 0 Å². The van der Waals surface area contributed by atoms with Crippen LogP contribution in [0.2, 0.25) is 0 Å². The third kappa shape index (κ3) is 5.83. The van der Waals surface area contributed by atoms with Gasteiger partial charge in [0.05, 0.1) is 6.10 Å². The zero-order valence-corrected chi connectivity index (χ0v) is 16.2. The average Bonchev–Trinajstić information content (AvgIpc) is 3.21. The first-order valence-electron chi connectivity index (χ1n) is 9.86. The first-order valence-corrected chi connectivity index (χ1v) is 9.86. The van der Waals surface area contributed by atoms with Crippen molar-refractivity contribution >= 4 is 5.91 Å². The zero-order chi connectivity index (χ0) is 19.1. The summed E-state index contributed by atoms with van der Waals surface area (Å²) in [5.74, 6) is 0.617. The largest absolute Gasteiger partial charge is 0.481 e. The SMILES string of the molecule is CC(CCC1CCCO1)NC(=O)C(C)Oc1ccc(-c2ccccc2)cc1. The predicted octanol–water partition coefficient (Wildman–Crippen LogP) is 4.58. The van der Waals surface area contributed by atoms with E-state index in [4.69, 9.17) is 9.47 Å². The fourth-order valence-electron chi connectivity index (χ4n) is 3.35. The first-order chi connectivity index (χ1) is 13.1. The van der Waals surface area contributed by atoms with Gasteiger partial charge in [0.15, 0.2) is 6.10 Å². The lowest BCUT2D eigenvalue weighted by molar-refractivity contribution is -0.128. The van der Waals surface area contributed by atoms with Gasteiger partial charge < -0.3 is 14.8 Å². The standard InChI is InChI=1S/C23H29NO3/c1-17(10-13-21-9-6-16-26-21)24-23(25)18(2)27-22-14-11-20(12-15-22)19-7-4-3-5-8-19/h3-5,7-8,11-12,14-15,17-18,21H,6,9-10,13,16H2,1-2H3,(H,24,25). The third-order valence-electron chi connectivity index (χ3n) is 4.98. The van der Waals surface area contributed by atoms with E-state index in [0.29, 0.717) is 11.9 Å². The summed E-state index contributed by atoms with van der Waals surface area (Å²) < 4.78 is 11.4. The normalized spacial score (nSPS) is 18.7. The van der Waals surface area contributed by atoms with Crippen molar-refractivity contribution < 1.29 is 14.3 Å². The molecule has 0 saturated carbocycles. The molecule has 1 saturated heterocycles. The molecule has 0 radical (unpaired) electrons. The van der Waals surface area contributed by atoms with Crippen LogP contribution in [0.4, 0.5) is 0 Å². The minimum Gasteiger partial charge on any atom is -0.481 e. The van der Waals surface area contributed by atoms with Crippen molar-refractivity contribution in [2.24, 2.45) is 0 Å². The molecule has 1 amide bonds. The van der Waals surface area contributed by atoms with E-state index in [1.807, 2.05) is 49.4 Å². The molecule has 2 aromatic rings. The minimum atomic E-state index is -0.530. The topological polar surface area (TPSA) is 47.6 Å². The lowest BCUT2D eigenvalue weighted by atomic mass is 10.1. The average molecular weight is 367 g/mol. The number of rotatable bonds is 8. The number of carbonyl (C=O) groups is 1. The van der Waals surface area contributed by atoms with Gasteiger partial charge in [-0.2, -0.15) is 0 Å². The Hall–Kier alpha value is -2.33. The highest BCUT2D eigenvalue weighted by Crippen LogP contribution is 2.23. The van der Waals surface area contributed by atoms with E-state index < -0.39 is 6.10 Å². The summed E-state index contributed by atoms with van der Waals surface area (Å²) in [7, 11) is 0. The molecule has 4 nitrogen and oxygen atoms in total. The highest BCUT2D eigenvalue weighted by atomic mass is 16.5. The number of benzene rings is 2. The van der Waals surface area contributed by atoms with Crippen LogP contribution in [0.15, 0.2) is 54.6 Å². The Morgan fingerprint density at radius 1 is 1.11 bits per heavy atom. The molecule has 4 heteroatoms. The monoisotopic (exact) mass is 367 g/mol. The first kappa shape index (κ1) is 19.4. The molecule has 0 aromatic heterocycles.